The third-order valence-corrected chi connectivity index (χ3v) is 1.49. The van der Waals surface area contributed by atoms with Crippen LogP contribution in [0, 0.1) is 0 Å². The van der Waals surface area contributed by atoms with Crippen molar-refractivity contribution in [3.8, 4) is 6.01 Å². The minimum atomic E-state index is 0.371. The van der Waals surface area contributed by atoms with Crippen LogP contribution in [0.3, 0.4) is 0 Å². The van der Waals surface area contributed by atoms with E-state index in [1.54, 1.807) is 0 Å². The van der Waals surface area contributed by atoms with Crippen LogP contribution < -0.4 is 10.5 Å². The van der Waals surface area contributed by atoms with Crippen LogP contribution in [-0.2, 0) is 0 Å². The summed E-state index contributed by atoms with van der Waals surface area (Å²) in [6, 6.07) is 0.386. The summed E-state index contributed by atoms with van der Waals surface area (Å²) in [5.41, 5.74) is 6.67. The van der Waals surface area contributed by atoms with Crippen LogP contribution >= 0.6 is 0 Å². The van der Waals surface area contributed by atoms with Crippen LogP contribution in [0.5, 0.6) is 6.01 Å². The highest BCUT2D eigenvalue weighted by molar-refractivity contribution is 5.81. The molecule has 0 aliphatic heterocycles. The van der Waals surface area contributed by atoms with Gasteiger partial charge >= 0.3 is 0 Å². The number of fused-ring (bicyclic) bond motifs is 1. The number of aromatic amines is 1. The summed E-state index contributed by atoms with van der Waals surface area (Å²) in [6.07, 6.45) is 1.36. The maximum absolute atomic E-state index is 5.55. The maximum atomic E-state index is 5.55. The van der Waals surface area contributed by atoms with E-state index in [-0.39, 0.29) is 0 Å². The molecular formula is C6H7N5O. The molecule has 2 rings (SSSR count). The molecule has 0 atom stereocenters. The highest BCUT2D eigenvalue weighted by Crippen LogP contribution is 2.16. The van der Waals surface area contributed by atoms with Gasteiger partial charge in [-0.2, -0.15) is 4.98 Å². The van der Waals surface area contributed by atoms with Crippen LogP contribution in [0.4, 0.5) is 5.82 Å². The summed E-state index contributed by atoms with van der Waals surface area (Å²) in [5, 5.41) is 0. The van der Waals surface area contributed by atoms with Crippen LogP contribution in [0.1, 0.15) is 0 Å². The van der Waals surface area contributed by atoms with E-state index in [0.29, 0.717) is 23.0 Å². The van der Waals surface area contributed by atoms with Gasteiger partial charge in [0.25, 0.3) is 6.01 Å². The Morgan fingerprint density at radius 1 is 1.50 bits per heavy atom. The fourth-order valence-corrected chi connectivity index (χ4v) is 0.922. The Balaban J connectivity index is 2.74. The van der Waals surface area contributed by atoms with E-state index in [0.717, 1.165) is 0 Å². The van der Waals surface area contributed by atoms with E-state index in [1.807, 2.05) is 0 Å². The van der Waals surface area contributed by atoms with Crippen LogP contribution in [0.2, 0.25) is 0 Å². The first-order valence-corrected chi connectivity index (χ1v) is 3.31. The predicted molar refractivity (Wildman–Crippen MR) is 42.6 cm³/mol. The molecule has 0 amide bonds. The highest BCUT2D eigenvalue weighted by Gasteiger charge is 2.05. The third kappa shape index (κ3) is 0.849. The number of nitrogen functional groups attached to an aromatic ring is 1. The molecule has 2 heterocycles. The van der Waals surface area contributed by atoms with Crippen molar-refractivity contribution in [1.29, 1.82) is 0 Å². The monoisotopic (exact) mass is 165 g/mol. The largest absolute Gasteiger partial charge is 0.468 e. The molecule has 62 valence electrons. The minimum Gasteiger partial charge on any atom is -0.468 e. The predicted octanol–water partition coefficient (Wildman–Crippen LogP) is -0.0563. The number of methoxy groups -OCH3 is 1. The fourth-order valence-electron chi connectivity index (χ4n) is 0.922. The van der Waals surface area contributed by atoms with Crippen molar-refractivity contribution in [2.24, 2.45) is 0 Å². The van der Waals surface area contributed by atoms with Gasteiger partial charge in [-0.15, -0.1) is 0 Å². The number of hydrogen-bond acceptors (Lipinski definition) is 5. The zero-order valence-electron chi connectivity index (χ0n) is 6.40. The number of imidazole rings is 1. The van der Waals surface area contributed by atoms with Gasteiger partial charge in [-0.1, -0.05) is 0 Å². The molecule has 0 bridgehead atoms. The quantitative estimate of drug-likeness (QED) is 0.618. The summed E-state index contributed by atoms with van der Waals surface area (Å²) in [5.74, 6) is 0.371. The number of nitrogens with one attached hydrogen (secondary N) is 1. The Bertz CT molecular complexity index is 409. The van der Waals surface area contributed by atoms with Crippen LogP contribution in [0.25, 0.3) is 11.2 Å². The Morgan fingerprint density at radius 2 is 2.33 bits per heavy atom. The number of anilines is 1. The van der Waals surface area contributed by atoms with E-state index in [2.05, 4.69) is 19.9 Å². The Hall–Kier alpha value is -1.85. The van der Waals surface area contributed by atoms with Gasteiger partial charge in [-0.05, 0) is 0 Å². The molecule has 0 saturated carbocycles. The molecule has 6 nitrogen and oxygen atoms in total. The molecular weight excluding hydrogens is 158 g/mol. The highest BCUT2D eigenvalue weighted by atomic mass is 16.5. The van der Waals surface area contributed by atoms with Gasteiger partial charge in [0.15, 0.2) is 11.5 Å². The van der Waals surface area contributed by atoms with Crippen molar-refractivity contribution in [1.82, 2.24) is 19.9 Å². The molecule has 0 spiro atoms. The van der Waals surface area contributed by atoms with Gasteiger partial charge in [0, 0.05) is 0 Å². The average molecular weight is 165 g/mol. The van der Waals surface area contributed by atoms with Crippen molar-refractivity contribution in [3.05, 3.63) is 6.33 Å². The van der Waals surface area contributed by atoms with Crippen molar-refractivity contribution in [3.63, 3.8) is 0 Å². The molecule has 6 heteroatoms. The number of aromatic nitrogens is 4. The van der Waals surface area contributed by atoms with Crippen molar-refractivity contribution < 1.29 is 4.74 Å². The molecule has 0 radical (unpaired) electrons. The van der Waals surface area contributed by atoms with Crippen LogP contribution in [0.15, 0.2) is 6.33 Å². The molecule has 0 fully saturated rings. The van der Waals surface area contributed by atoms with E-state index >= 15 is 0 Å². The van der Waals surface area contributed by atoms with Gasteiger partial charge in [0.1, 0.15) is 11.8 Å². The van der Waals surface area contributed by atoms with E-state index in [1.165, 1.54) is 13.4 Å². The topological polar surface area (TPSA) is 89.7 Å². The molecule has 0 saturated heterocycles. The van der Waals surface area contributed by atoms with Gasteiger partial charge in [-0.25, -0.2) is 9.97 Å². The number of ether oxygens (including phenoxy) is 1. The van der Waals surface area contributed by atoms with Gasteiger partial charge in [0.2, 0.25) is 0 Å². The second-order valence-corrected chi connectivity index (χ2v) is 2.20. The van der Waals surface area contributed by atoms with Crippen molar-refractivity contribution in [2.75, 3.05) is 12.8 Å². The number of H-pyrrole nitrogens is 1. The lowest BCUT2D eigenvalue weighted by Gasteiger charge is -1.89. The number of nitrogens with two attached hydrogens (primary N) is 1. The van der Waals surface area contributed by atoms with E-state index in [4.69, 9.17) is 10.5 Å². The number of hydrogen-bond donors (Lipinski definition) is 2. The first-order chi connectivity index (χ1) is 5.81. The maximum Gasteiger partial charge on any atom is 0.295 e. The molecule has 0 aromatic carbocycles. The van der Waals surface area contributed by atoms with Gasteiger partial charge < -0.3 is 15.5 Å². The Kier molecular flexibility index (Phi) is 1.33. The van der Waals surface area contributed by atoms with Crippen molar-refractivity contribution in [2.45, 2.75) is 0 Å². The van der Waals surface area contributed by atoms with Gasteiger partial charge in [0.05, 0.1) is 7.11 Å². The normalized spacial score (nSPS) is 10.4. The second-order valence-electron chi connectivity index (χ2n) is 2.20. The zero-order chi connectivity index (χ0) is 8.55. The second kappa shape index (κ2) is 2.33. The lowest BCUT2D eigenvalue weighted by Crippen LogP contribution is -1.91. The Labute approximate surface area is 67.8 Å². The lowest BCUT2D eigenvalue weighted by molar-refractivity contribution is 0.386. The summed E-state index contributed by atoms with van der Waals surface area (Å²) >= 11 is 0. The first kappa shape index (κ1) is 6.84. The molecule has 3 N–H and O–H groups in total. The number of nitrogens with zero attached hydrogens (tertiary/aromatic N) is 3. The SMILES string of the molecule is COc1nc2ncnc(N)c2[nH]1. The molecule has 0 aliphatic rings. The van der Waals surface area contributed by atoms with E-state index < -0.39 is 0 Å². The van der Waals surface area contributed by atoms with Crippen molar-refractivity contribution >= 4 is 17.0 Å². The molecule has 2 aromatic heterocycles. The summed E-state index contributed by atoms with van der Waals surface area (Å²) in [4.78, 5) is 14.5. The molecule has 0 aliphatic carbocycles. The molecule has 0 unspecified atom stereocenters. The summed E-state index contributed by atoms with van der Waals surface area (Å²) < 4.78 is 4.86. The fraction of sp³-hybridized carbons (Fsp3) is 0.167. The van der Waals surface area contributed by atoms with Crippen LogP contribution in [-0.4, -0.2) is 27.0 Å². The van der Waals surface area contributed by atoms with E-state index in [9.17, 15) is 0 Å². The summed E-state index contributed by atoms with van der Waals surface area (Å²) in [7, 11) is 1.52. The minimum absolute atomic E-state index is 0.371. The zero-order valence-corrected chi connectivity index (χ0v) is 6.40. The third-order valence-electron chi connectivity index (χ3n) is 1.49. The Morgan fingerprint density at radius 3 is 3.00 bits per heavy atom. The standard InChI is InChI=1S/C6H7N5O/c1-12-6-10-3-4(7)8-2-9-5(3)11-6/h2H,1H3,(H3,7,8,9,10,11). The van der Waals surface area contributed by atoms with Gasteiger partial charge in [-0.3, -0.25) is 0 Å². The smallest absolute Gasteiger partial charge is 0.295 e. The average Bonchev–Trinajstić information content (AvgIpc) is 2.49. The number of rotatable bonds is 1. The molecule has 12 heavy (non-hydrogen) atoms. The summed E-state index contributed by atoms with van der Waals surface area (Å²) in [6.45, 7) is 0. The first-order valence-electron chi connectivity index (χ1n) is 3.31. The molecule has 2 aromatic rings. The lowest BCUT2D eigenvalue weighted by atomic mass is 10.5.